The number of benzene rings is 1. The third kappa shape index (κ3) is 3.40. The van der Waals surface area contributed by atoms with Gasteiger partial charge in [-0.25, -0.2) is 13.8 Å². The SMILES string of the molecule is CNc1ncc(C(=O)Nc2c(F)cc(F)cc2Cl)cc1Cl. The fourth-order valence-electron chi connectivity index (χ4n) is 1.59. The van der Waals surface area contributed by atoms with E-state index in [0.29, 0.717) is 11.9 Å². The van der Waals surface area contributed by atoms with E-state index in [1.807, 2.05) is 0 Å². The van der Waals surface area contributed by atoms with E-state index in [0.717, 1.165) is 6.07 Å². The number of halogens is 4. The Morgan fingerprint density at radius 1 is 1.19 bits per heavy atom. The maximum Gasteiger partial charge on any atom is 0.257 e. The lowest BCUT2D eigenvalue weighted by atomic mass is 10.2. The number of carbonyl (C=O) groups excluding carboxylic acids is 1. The van der Waals surface area contributed by atoms with Crippen molar-refractivity contribution >= 4 is 40.6 Å². The number of nitrogens with one attached hydrogen (secondary N) is 2. The molecule has 0 aliphatic carbocycles. The predicted octanol–water partition coefficient (Wildman–Crippen LogP) is 3.96. The van der Waals surface area contributed by atoms with E-state index >= 15 is 0 Å². The molecule has 2 N–H and O–H groups in total. The minimum atomic E-state index is -0.973. The summed E-state index contributed by atoms with van der Waals surface area (Å²) in [5, 5.41) is 4.98. The predicted molar refractivity (Wildman–Crippen MR) is 78.1 cm³/mol. The van der Waals surface area contributed by atoms with Crippen molar-refractivity contribution in [2.24, 2.45) is 0 Å². The minimum absolute atomic E-state index is 0.110. The van der Waals surface area contributed by atoms with Gasteiger partial charge in [-0.3, -0.25) is 4.79 Å². The zero-order chi connectivity index (χ0) is 15.6. The fourth-order valence-corrected chi connectivity index (χ4v) is 2.10. The molecule has 0 saturated carbocycles. The number of rotatable bonds is 3. The van der Waals surface area contributed by atoms with Crippen LogP contribution < -0.4 is 10.6 Å². The van der Waals surface area contributed by atoms with Gasteiger partial charge in [0.2, 0.25) is 0 Å². The number of hydrogen-bond donors (Lipinski definition) is 2. The molecule has 21 heavy (non-hydrogen) atoms. The van der Waals surface area contributed by atoms with Gasteiger partial charge in [-0.15, -0.1) is 0 Å². The lowest BCUT2D eigenvalue weighted by Crippen LogP contribution is -2.14. The van der Waals surface area contributed by atoms with Gasteiger partial charge >= 0.3 is 0 Å². The molecule has 0 saturated heterocycles. The number of pyridine rings is 1. The first-order valence-electron chi connectivity index (χ1n) is 5.71. The van der Waals surface area contributed by atoms with E-state index in [1.165, 1.54) is 12.3 Å². The molecule has 1 heterocycles. The number of amides is 1. The maximum absolute atomic E-state index is 13.6. The molecule has 0 spiro atoms. The highest BCUT2D eigenvalue weighted by Gasteiger charge is 2.15. The van der Waals surface area contributed by atoms with Crippen molar-refractivity contribution in [3.05, 3.63) is 51.6 Å². The third-order valence-corrected chi connectivity index (χ3v) is 3.17. The van der Waals surface area contributed by atoms with Gasteiger partial charge in [0.05, 0.1) is 21.3 Å². The van der Waals surface area contributed by atoms with Crippen molar-refractivity contribution in [1.82, 2.24) is 4.98 Å². The standard InChI is InChI=1S/C13H9Cl2F2N3O/c1-18-12-9(15)2-6(5-19-12)13(21)20-11-8(14)3-7(16)4-10(11)17/h2-5H,1H3,(H,18,19)(H,20,21). The van der Waals surface area contributed by atoms with Gasteiger partial charge in [-0.1, -0.05) is 23.2 Å². The van der Waals surface area contributed by atoms with Crippen LogP contribution in [0.3, 0.4) is 0 Å². The van der Waals surface area contributed by atoms with Crippen molar-refractivity contribution in [3.63, 3.8) is 0 Å². The quantitative estimate of drug-likeness (QED) is 0.895. The first-order chi connectivity index (χ1) is 9.92. The Kier molecular flexibility index (Phi) is 4.59. The normalized spacial score (nSPS) is 10.3. The Bertz CT molecular complexity index is 687. The highest BCUT2D eigenvalue weighted by molar-refractivity contribution is 6.34. The smallest absolute Gasteiger partial charge is 0.257 e. The third-order valence-electron chi connectivity index (χ3n) is 2.59. The van der Waals surface area contributed by atoms with Gasteiger partial charge in [0, 0.05) is 19.3 Å². The summed E-state index contributed by atoms with van der Waals surface area (Å²) in [6.45, 7) is 0. The lowest BCUT2D eigenvalue weighted by molar-refractivity contribution is 0.102. The van der Waals surface area contributed by atoms with Crippen LogP contribution in [-0.4, -0.2) is 17.9 Å². The highest BCUT2D eigenvalue weighted by Crippen LogP contribution is 2.27. The largest absolute Gasteiger partial charge is 0.372 e. The van der Waals surface area contributed by atoms with Crippen LogP contribution in [0.2, 0.25) is 10.0 Å². The van der Waals surface area contributed by atoms with Crippen LogP contribution in [-0.2, 0) is 0 Å². The molecule has 0 fully saturated rings. The maximum atomic E-state index is 13.6. The first-order valence-corrected chi connectivity index (χ1v) is 6.47. The summed E-state index contributed by atoms with van der Waals surface area (Å²) in [6, 6.07) is 2.89. The van der Waals surface area contributed by atoms with Crippen LogP contribution in [0, 0.1) is 11.6 Å². The molecule has 1 amide bonds. The van der Waals surface area contributed by atoms with E-state index in [4.69, 9.17) is 23.2 Å². The van der Waals surface area contributed by atoms with Crippen molar-refractivity contribution in [2.75, 3.05) is 17.7 Å². The Morgan fingerprint density at radius 2 is 1.90 bits per heavy atom. The Balaban J connectivity index is 2.28. The molecule has 0 aliphatic rings. The summed E-state index contributed by atoms with van der Waals surface area (Å²) in [4.78, 5) is 15.9. The number of aromatic nitrogens is 1. The Hall–Kier alpha value is -1.92. The van der Waals surface area contributed by atoms with Crippen molar-refractivity contribution in [1.29, 1.82) is 0 Å². The summed E-state index contributed by atoms with van der Waals surface area (Å²) in [5.41, 5.74) is -0.198. The van der Waals surface area contributed by atoms with Crippen molar-refractivity contribution < 1.29 is 13.6 Å². The molecule has 110 valence electrons. The Labute approximate surface area is 129 Å². The molecular formula is C13H9Cl2F2N3O. The van der Waals surface area contributed by atoms with Crippen LogP contribution in [0.5, 0.6) is 0 Å². The Morgan fingerprint density at radius 3 is 2.48 bits per heavy atom. The van der Waals surface area contributed by atoms with Gasteiger partial charge in [0.25, 0.3) is 5.91 Å². The monoisotopic (exact) mass is 331 g/mol. The number of hydrogen-bond acceptors (Lipinski definition) is 3. The van der Waals surface area contributed by atoms with Gasteiger partial charge < -0.3 is 10.6 Å². The van der Waals surface area contributed by atoms with Crippen LogP contribution >= 0.6 is 23.2 Å². The summed E-state index contributed by atoms with van der Waals surface area (Å²) in [7, 11) is 1.63. The van der Waals surface area contributed by atoms with Crippen molar-refractivity contribution in [2.45, 2.75) is 0 Å². The molecule has 2 aromatic rings. The average molecular weight is 332 g/mol. The molecule has 0 radical (unpaired) electrons. The fraction of sp³-hybridized carbons (Fsp3) is 0.0769. The molecule has 0 unspecified atom stereocenters. The van der Waals surface area contributed by atoms with Gasteiger partial charge in [0.15, 0.2) is 5.82 Å². The molecule has 1 aromatic carbocycles. The zero-order valence-electron chi connectivity index (χ0n) is 10.7. The van der Waals surface area contributed by atoms with Gasteiger partial charge in [-0.2, -0.15) is 0 Å². The number of anilines is 2. The van der Waals surface area contributed by atoms with E-state index in [1.54, 1.807) is 7.05 Å². The van der Waals surface area contributed by atoms with Crippen molar-refractivity contribution in [3.8, 4) is 0 Å². The van der Waals surface area contributed by atoms with E-state index in [9.17, 15) is 13.6 Å². The molecule has 4 nitrogen and oxygen atoms in total. The topological polar surface area (TPSA) is 54.0 Å². The summed E-state index contributed by atoms with van der Waals surface area (Å²) < 4.78 is 26.5. The molecular weight excluding hydrogens is 323 g/mol. The molecule has 0 aliphatic heterocycles. The van der Waals surface area contributed by atoms with Gasteiger partial charge in [-0.05, 0) is 12.1 Å². The second-order valence-corrected chi connectivity index (χ2v) is 4.82. The summed E-state index contributed by atoms with van der Waals surface area (Å²) in [5.74, 6) is -2.07. The summed E-state index contributed by atoms with van der Waals surface area (Å²) in [6.07, 6.45) is 1.27. The molecule has 0 atom stereocenters. The average Bonchev–Trinajstić information content (AvgIpc) is 2.42. The van der Waals surface area contributed by atoms with Crippen LogP contribution in [0.25, 0.3) is 0 Å². The molecule has 1 aromatic heterocycles. The van der Waals surface area contributed by atoms with Crippen LogP contribution in [0.15, 0.2) is 24.4 Å². The van der Waals surface area contributed by atoms with E-state index < -0.39 is 17.5 Å². The molecule has 8 heteroatoms. The second-order valence-electron chi connectivity index (χ2n) is 4.00. The minimum Gasteiger partial charge on any atom is -0.372 e. The number of carbonyl (C=O) groups is 1. The number of nitrogens with zero attached hydrogens (tertiary/aromatic N) is 1. The van der Waals surface area contributed by atoms with Crippen LogP contribution in [0.4, 0.5) is 20.3 Å². The lowest BCUT2D eigenvalue weighted by Gasteiger charge is -2.09. The van der Waals surface area contributed by atoms with Crippen LogP contribution in [0.1, 0.15) is 10.4 Å². The van der Waals surface area contributed by atoms with E-state index in [-0.39, 0.29) is 21.3 Å². The van der Waals surface area contributed by atoms with Gasteiger partial charge in [0.1, 0.15) is 11.6 Å². The second kappa shape index (κ2) is 6.24. The zero-order valence-corrected chi connectivity index (χ0v) is 12.2. The first kappa shape index (κ1) is 15.5. The highest BCUT2D eigenvalue weighted by atomic mass is 35.5. The molecule has 2 rings (SSSR count). The van der Waals surface area contributed by atoms with E-state index in [2.05, 4.69) is 15.6 Å². The molecule has 0 bridgehead atoms. The summed E-state index contributed by atoms with van der Waals surface area (Å²) >= 11 is 11.6.